The van der Waals surface area contributed by atoms with Crippen molar-refractivity contribution in [2.75, 3.05) is 13.1 Å². The fraction of sp³-hybridized carbons (Fsp3) is 1.00. The van der Waals surface area contributed by atoms with Crippen LogP contribution in [0.3, 0.4) is 0 Å². The summed E-state index contributed by atoms with van der Waals surface area (Å²) < 4.78 is 0. The third kappa shape index (κ3) is 4.63. The first-order valence-electron chi connectivity index (χ1n) is 5.46. The molecule has 0 aromatic heterocycles. The fourth-order valence-corrected chi connectivity index (χ4v) is 1.81. The normalized spacial score (nSPS) is 30.5. The summed E-state index contributed by atoms with van der Waals surface area (Å²) in [5.41, 5.74) is 0.252. The molecule has 0 spiro atoms. The first-order valence-corrected chi connectivity index (χ1v) is 5.46. The van der Waals surface area contributed by atoms with E-state index in [1.807, 2.05) is 0 Å². The number of hydrogen-bond acceptors (Lipinski definition) is 2. The predicted molar refractivity (Wildman–Crippen MR) is 57.9 cm³/mol. The summed E-state index contributed by atoms with van der Waals surface area (Å²) in [5, 5.41) is 7.11. The van der Waals surface area contributed by atoms with Crippen molar-refractivity contribution in [2.24, 2.45) is 5.92 Å². The number of hydrogen-bond donors (Lipinski definition) is 2. The van der Waals surface area contributed by atoms with Gasteiger partial charge in [-0.05, 0) is 46.1 Å². The smallest absolute Gasteiger partial charge is 0.0195 e. The van der Waals surface area contributed by atoms with Gasteiger partial charge in [-0.25, -0.2) is 0 Å². The molecule has 2 heteroatoms. The Kier molecular flexibility index (Phi) is 3.74. The Balaban J connectivity index is 2.21. The maximum atomic E-state index is 3.56. The van der Waals surface area contributed by atoms with Crippen LogP contribution in [-0.4, -0.2) is 24.7 Å². The molecule has 1 saturated heterocycles. The summed E-state index contributed by atoms with van der Waals surface area (Å²) in [5.74, 6) is 0.896. The van der Waals surface area contributed by atoms with Gasteiger partial charge < -0.3 is 10.6 Å². The summed E-state index contributed by atoms with van der Waals surface area (Å²) >= 11 is 0. The van der Waals surface area contributed by atoms with Gasteiger partial charge in [0, 0.05) is 18.1 Å². The Morgan fingerprint density at radius 2 is 2.08 bits per heavy atom. The van der Waals surface area contributed by atoms with E-state index in [9.17, 15) is 0 Å². The van der Waals surface area contributed by atoms with Crippen LogP contribution in [0.5, 0.6) is 0 Å². The van der Waals surface area contributed by atoms with Crippen molar-refractivity contribution in [3.05, 3.63) is 0 Å². The zero-order valence-corrected chi connectivity index (χ0v) is 9.48. The second-order valence-corrected chi connectivity index (χ2v) is 5.41. The minimum atomic E-state index is 0.252. The molecule has 0 aromatic rings. The van der Waals surface area contributed by atoms with E-state index < -0.39 is 0 Å². The molecule has 0 aliphatic carbocycles. The van der Waals surface area contributed by atoms with Crippen molar-refractivity contribution in [3.8, 4) is 0 Å². The van der Waals surface area contributed by atoms with Gasteiger partial charge in [0.1, 0.15) is 0 Å². The molecule has 0 radical (unpaired) electrons. The predicted octanol–water partition coefficient (Wildman–Crippen LogP) is 1.76. The van der Waals surface area contributed by atoms with Gasteiger partial charge in [0.2, 0.25) is 0 Å². The quantitative estimate of drug-likeness (QED) is 0.683. The average molecular weight is 184 g/mol. The number of piperidine rings is 1. The van der Waals surface area contributed by atoms with Crippen molar-refractivity contribution in [2.45, 2.75) is 52.1 Å². The van der Waals surface area contributed by atoms with E-state index in [1.54, 1.807) is 0 Å². The molecule has 1 aliphatic rings. The van der Waals surface area contributed by atoms with Crippen LogP contribution in [0.2, 0.25) is 0 Å². The molecule has 2 N–H and O–H groups in total. The Labute approximate surface area is 82.5 Å². The van der Waals surface area contributed by atoms with E-state index in [0.717, 1.165) is 12.5 Å². The SMILES string of the molecule is CC1CCNC(CNC(C)(C)C)C1. The topological polar surface area (TPSA) is 24.1 Å². The van der Waals surface area contributed by atoms with Gasteiger partial charge in [-0.2, -0.15) is 0 Å². The Bertz CT molecular complexity index is 149. The van der Waals surface area contributed by atoms with Crippen molar-refractivity contribution >= 4 is 0 Å². The van der Waals surface area contributed by atoms with Crippen LogP contribution in [0.15, 0.2) is 0 Å². The molecule has 0 saturated carbocycles. The van der Waals surface area contributed by atoms with Gasteiger partial charge in [-0.3, -0.25) is 0 Å². The van der Waals surface area contributed by atoms with E-state index >= 15 is 0 Å². The second kappa shape index (κ2) is 4.43. The molecule has 1 heterocycles. The molecular formula is C11H24N2. The van der Waals surface area contributed by atoms with E-state index in [4.69, 9.17) is 0 Å². The first kappa shape index (κ1) is 11.0. The summed E-state index contributed by atoms with van der Waals surface area (Å²) in [7, 11) is 0. The average Bonchev–Trinajstić information content (AvgIpc) is 2.00. The highest BCUT2D eigenvalue weighted by Gasteiger charge is 2.19. The van der Waals surface area contributed by atoms with Crippen LogP contribution in [-0.2, 0) is 0 Å². The molecule has 2 nitrogen and oxygen atoms in total. The van der Waals surface area contributed by atoms with Gasteiger partial charge in [0.15, 0.2) is 0 Å². The third-order valence-corrected chi connectivity index (χ3v) is 2.64. The zero-order valence-electron chi connectivity index (χ0n) is 9.48. The monoisotopic (exact) mass is 184 g/mol. The molecule has 0 bridgehead atoms. The molecule has 0 aromatic carbocycles. The number of nitrogens with one attached hydrogen (secondary N) is 2. The summed E-state index contributed by atoms with van der Waals surface area (Å²) in [6, 6.07) is 0.683. The zero-order chi connectivity index (χ0) is 9.90. The second-order valence-electron chi connectivity index (χ2n) is 5.41. The van der Waals surface area contributed by atoms with Crippen molar-refractivity contribution in [1.82, 2.24) is 10.6 Å². The van der Waals surface area contributed by atoms with Crippen LogP contribution in [0.25, 0.3) is 0 Å². The molecule has 2 unspecified atom stereocenters. The van der Waals surface area contributed by atoms with Crippen LogP contribution in [0, 0.1) is 5.92 Å². The van der Waals surface area contributed by atoms with E-state index in [-0.39, 0.29) is 5.54 Å². The van der Waals surface area contributed by atoms with Gasteiger partial charge in [-0.1, -0.05) is 6.92 Å². The Morgan fingerprint density at radius 3 is 2.62 bits per heavy atom. The molecule has 13 heavy (non-hydrogen) atoms. The largest absolute Gasteiger partial charge is 0.313 e. The standard InChI is InChI=1S/C11H24N2/c1-9-5-6-12-10(7-9)8-13-11(2,3)4/h9-10,12-13H,5-8H2,1-4H3. The molecule has 1 aliphatic heterocycles. The third-order valence-electron chi connectivity index (χ3n) is 2.64. The van der Waals surface area contributed by atoms with Crippen LogP contribution in [0.4, 0.5) is 0 Å². The Hall–Kier alpha value is -0.0800. The van der Waals surface area contributed by atoms with Crippen LogP contribution < -0.4 is 10.6 Å². The highest BCUT2D eigenvalue weighted by atomic mass is 15.0. The number of rotatable bonds is 2. The highest BCUT2D eigenvalue weighted by Crippen LogP contribution is 2.14. The van der Waals surface area contributed by atoms with Gasteiger partial charge in [0.25, 0.3) is 0 Å². The van der Waals surface area contributed by atoms with Crippen molar-refractivity contribution in [3.63, 3.8) is 0 Å². The molecule has 1 fully saturated rings. The minimum absolute atomic E-state index is 0.252. The van der Waals surface area contributed by atoms with Crippen molar-refractivity contribution < 1.29 is 0 Å². The van der Waals surface area contributed by atoms with Crippen molar-refractivity contribution in [1.29, 1.82) is 0 Å². The summed E-state index contributed by atoms with van der Waals surface area (Å²) in [6.45, 7) is 11.3. The van der Waals surface area contributed by atoms with Crippen LogP contribution in [0.1, 0.15) is 40.5 Å². The lowest BCUT2D eigenvalue weighted by atomic mass is 9.94. The summed E-state index contributed by atoms with van der Waals surface area (Å²) in [4.78, 5) is 0. The maximum Gasteiger partial charge on any atom is 0.0195 e. The highest BCUT2D eigenvalue weighted by molar-refractivity contribution is 4.81. The van der Waals surface area contributed by atoms with Gasteiger partial charge in [-0.15, -0.1) is 0 Å². The van der Waals surface area contributed by atoms with E-state index in [1.165, 1.54) is 19.4 Å². The Morgan fingerprint density at radius 1 is 1.38 bits per heavy atom. The van der Waals surface area contributed by atoms with E-state index in [0.29, 0.717) is 6.04 Å². The molecule has 2 atom stereocenters. The summed E-state index contributed by atoms with van der Waals surface area (Å²) in [6.07, 6.45) is 2.66. The molecule has 1 rings (SSSR count). The molecule has 0 amide bonds. The molecular weight excluding hydrogens is 160 g/mol. The lowest BCUT2D eigenvalue weighted by molar-refractivity contribution is 0.289. The maximum absolute atomic E-state index is 3.56. The minimum Gasteiger partial charge on any atom is -0.313 e. The lowest BCUT2D eigenvalue weighted by Gasteiger charge is -2.31. The van der Waals surface area contributed by atoms with Crippen LogP contribution >= 0.6 is 0 Å². The van der Waals surface area contributed by atoms with Gasteiger partial charge >= 0.3 is 0 Å². The lowest BCUT2D eigenvalue weighted by Crippen LogP contribution is -2.48. The first-order chi connectivity index (χ1) is 5.97. The van der Waals surface area contributed by atoms with Gasteiger partial charge in [0.05, 0.1) is 0 Å². The van der Waals surface area contributed by atoms with E-state index in [2.05, 4.69) is 38.3 Å². The molecule has 78 valence electrons. The fourth-order valence-electron chi connectivity index (χ4n) is 1.81.